The number of carbonyl (C=O) groups excluding carboxylic acids is 1. The highest BCUT2D eigenvalue weighted by Crippen LogP contribution is 2.29. The molecule has 0 saturated carbocycles. The molecule has 6 nitrogen and oxygen atoms in total. The van der Waals surface area contributed by atoms with Crippen LogP contribution in [0, 0.1) is 5.82 Å². The molecule has 0 radical (unpaired) electrons. The van der Waals surface area contributed by atoms with E-state index in [0.717, 1.165) is 30.5 Å². The molecule has 8 heteroatoms. The maximum Gasteiger partial charge on any atom is 0.349 e. The van der Waals surface area contributed by atoms with Crippen molar-refractivity contribution in [2.24, 2.45) is 0 Å². The number of thioether (sulfide) groups is 1. The fourth-order valence-corrected chi connectivity index (χ4v) is 4.17. The molecule has 0 spiro atoms. The molecular formula is C20H18FN3O3S. The van der Waals surface area contributed by atoms with E-state index in [-0.39, 0.29) is 23.2 Å². The van der Waals surface area contributed by atoms with Crippen LogP contribution in [0.5, 0.6) is 0 Å². The molecule has 1 amide bonds. The second-order valence-corrected chi connectivity index (χ2v) is 7.45. The van der Waals surface area contributed by atoms with E-state index < -0.39 is 0 Å². The van der Waals surface area contributed by atoms with Crippen LogP contribution in [-0.2, 0) is 24.2 Å². The van der Waals surface area contributed by atoms with Crippen molar-refractivity contribution in [1.29, 1.82) is 0 Å². The zero-order valence-corrected chi connectivity index (χ0v) is 15.8. The van der Waals surface area contributed by atoms with E-state index in [1.165, 1.54) is 36.0 Å². The van der Waals surface area contributed by atoms with Gasteiger partial charge in [-0.05, 0) is 55.7 Å². The van der Waals surface area contributed by atoms with Crippen molar-refractivity contribution in [3.8, 4) is 0 Å². The lowest BCUT2D eigenvalue weighted by Crippen LogP contribution is -2.28. The van der Waals surface area contributed by atoms with E-state index in [9.17, 15) is 14.0 Å². The smallest absolute Gasteiger partial charge is 0.349 e. The van der Waals surface area contributed by atoms with E-state index >= 15 is 0 Å². The van der Waals surface area contributed by atoms with Gasteiger partial charge in [-0.25, -0.2) is 9.18 Å². The standard InChI is InChI=1S/C20H18FN3O3S/c21-13-6-8-14(9-7-13)22-18(25)12-28-19-16-4-1-5-17(16)24(20(26)23-19)11-15-3-2-10-27-15/h2-3,6-10H,1,4-5,11-12H2,(H,22,25). The third-order valence-electron chi connectivity index (χ3n) is 4.56. The molecule has 1 aromatic carbocycles. The third kappa shape index (κ3) is 4.01. The summed E-state index contributed by atoms with van der Waals surface area (Å²) in [6.07, 6.45) is 4.18. The van der Waals surface area contributed by atoms with Crippen LogP contribution in [0.3, 0.4) is 0 Å². The second-order valence-electron chi connectivity index (χ2n) is 6.49. The minimum atomic E-state index is -0.359. The first-order valence-electron chi connectivity index (χ1n) is 8.93. The normalized spacial score (nSPS) is 12.8. The highest BCUT2D eigenvalue weighted by atomic mass is 32.2. The van der Waals surface area contributed by atoms with Gasteiger partial charge in [-0.3, -0.25) is 9.36 Å². The molecule has 0 aliphatic heterocycles. The Kier molecular flexibility index (Phi) is 5.29. The average molecular weight is 399 g/mol. The van der Waals surface area contributed by atoms with Crippen LogP contribution in [0.2, 0.25) is 0 Å². The summed E-state index contributed by atoms with van der Waals surface area (Å²) in [6.45, 7) is 0.358. The molecule has 28 heavy (non-hydrogen) atoms. The maximum absolute atomic E-state index is 12.9. The van der Waals surface area contributed by atoms with E-state index in [1.54, 1.807) is 16.9 Å². The Balaban J connectivity index is 1.48. The first-order valence-corrected chi connectivity index (χ1v) is 9.92. The number of nitrogens with zero attached hydrogens (tertiary/aromatic N) is 2. The maximum atomic E-state index is 12.9. The largest absolute Gasteiger partial charge is 0.467 e. The van der Waals surface area contributed by atoms with Crippen molar-refractivity contribution in [1.82, 2.24) is 9.55 Å². The Bertz CT molecular complexity index is 1050. The van der Waals surface area contributed by atoms with Crippen molar-refractivity contribution in [3.63, 3.8) is 0 Å². The van der Waals surface area contributed by atoms with Gasteiger partial charge in [-0.1, -0.05) is 11.8 Å². The lowest BCUT2D eigenvalue weighted by Gasteiger charge is -2.13. The van der Waals surface area contributed by atoms with Crippen molar-refractivity contribution in [2.75, 3.05) is 11.1 Å². The number of hydrogen-bond acceptors (Lipinski definition) is 5. The SMILES string of the molecule is O=C(CSc1nc(=O)n(Cc2ccco2)c2c1CCC2)Nc1ccc(F)cc1. The first kappa shape index (κ1) is 18.5. The molecule has 1 N–H and O–H groups in total. The summed E-state index contributed by atoms with van der Waals surface area (Å²) in [5.41, 5.74) is 2.20. The van der Waals surface area contributed by atoms with Gasteiger partial charge in [0.25, 0.3) is 0 Å². The number of hydrogen-bond donors (Lipinski definition) is 1. The molecule has 0 saturated heterocycles. The van der Waals surface area contributed by atoms with E-state index in [1.807, 2.05) is 6.07 Å². The number of anilines is 1. The fraction of sp³-hybridized carbons (Fsp3) is 0.250. The van der Waals surface area contributed by atoms with Crippen LogP contribution in [0.15, 0.2) is 56.9 Å². The molecule has 1 aliphatic carbocycles. The molecule has 0 fully saturated rings. The average Bonchev–Trinajstić information content (AvgIpc) is 3.36. The third-order valence-corrected chi connectivity index (χ3v) is 5.58. The van der Waals surface area contributed by atoms with Crippen LogP contribution in [0.4, 0.5) is 10.1 Å². The van der Waals surface area contributed by atoms with Crippen LogP contribution in [-0.4, -0.2) is 21.2 Å². The van der Waals surface area contributed by atoms with Crippen molar-refractivity contribution >= 4 is 23.4 Å². The Morgan fingerprint density at radius 1 is 1.25 bits per heavy atom. The first-order chi connectivity index (χ1) is 13.6. The number of rotatable bonds is 6. The van der Waals surface area contributed by atoms with Crippen LogP contribution < -0.4 is 11.0 Å². The molecule has 0 atom stereocenters. The Morgan fingerprint density at radius 2 is 2.07 bits per heavy atom. The number of benzene rings is 1. The van der Waals surface area contributed by atoms with Gasteiger partial charge in [0, 0.05) is 16.9 Å². The number of carbonyl (C=O) groups is 1. The fourth-order valence-electron chi connectivity index (χ4n) is 3.29. The van der Waals surface area contributed by atoms with Gasteiger partial charge in [0.15, 0.2) is 0 Å². The number of halogens is 1. The number of amides is 1. The summed E-state index contributed by atoms with van der Waals surface area (Å²) in [5, 5.41) is 3.33. The summed E-state index contributed by atoms with van der Waals surface area (Å²) >= 11 is 1.25. The minimum Gasteiger partial charge on any atom is -0.467 e. The topological polar surface area (TPSA) is 77.1 Å². The molecule has 2 aromatic heterocycles. The highest BCUT2D eigenvalue weighted by molar-refractivity contribution is 8.00. The number of furan rings is 1. The summed E-state index contributed by atoms with van der Waals surface area (Å²) in [6, 6.07) is 9.20. The summed E-state index contributed by atoms with van der Waals surface area (Å²) in [5.74, 6) is 0.239. The monoisotopic (exact) mass is 399 g/mol. The molecule has 144 valence electrons. The highest BCUT2D eigenvalue weighted by Gasteiger charge is 2.23. The predicted octanol–water partition coefficient (Wildman–Crippen LogP) is 3.24. The summed E-state index contributed by atoms with van der Waals surface area (Å²) < 4.78 is 20.0. The van der Waals surface area contributed by atoms with Gasteiger partial charge in [0.1, 0.15) is 16.6 Å². The van der Waals surface area contributed by atoms with Gasteiger partial charge in [0.05, 0.1) is 18.6 Å². The lowest BCUT2D eigenvalue weighted by atomic mass is 10.2. The van der Waals surface area contributed by atoms with Gasteiger partial charge in [-0.2, -0.15) is 4.98 Å². The Morgan fingerprint density at radius 3 is 2.82 bits per heavy atom. The van der Waals surface area contributed by atoms with Crippen LogP contribution >= 0.6 is 11.8 Å². The van der Waals surface area contributed by atoms with Crippen molar-refractivity contribution in [2.45, 2.75) is 30.8 Å². The zero-order valence-electron chi connectivity index (χ0n) is 15.0. The second kappa shape index (κ2) is 8.02. The minimum absolute atomic E-state index is 0.123. The molecule has 2 heterocycles. The number of aromatic nitrogens is 2. The Hall–Kier alpha value is -2.87. The molecule has 4 rings (SSSR count). The van der Waals surface area contributed by atoms with Gasteiger partial charge < -0.3 is 9.73 Å². The summed E-state index contributed by atoms with van der Waals surface area (Å²) in [7, 11) is 0. The van der Waals surface area contributed by atoms with Gasteiger partial charge in [0.2, 0.25) is 5.91 Å². The van der Waals surface area contributed by atoms with Gasteiger partial charge in [-0.15, -0.1) is 0 Å². The summed E-state index contributed by atoms with van der Waals surface area (Å²) in [4.78, 5) is 29.0. The Labute approximate surface area is 164 Å². The van der Waals surface area contributed by atoms with E-state index in [0.29, 0.717) is 23.0 Å². The molecule has 3 aromatic rings. The van der Waals surface area contributed by atoms with Crippen LogP contribution in [0.1, 0.15) is 23.4 Å². The van der Waals surface area contributed by atoms with Crippen molar-refractivity contribution in [3.05, 3.63) is 76.0 Å². The number of fused-ring (bicyclic) bond motifs is 1. The van der Waals surface area contributed by atoms with Crippen molar-refractivity contribution < 1.29 is 13.6 Å². The molecule has 0 unspecified atom stereocenters. The molecule has 1 aliphatic rings. The van der Waals surface area contributed by atoms with E-state index in [4.69, 9.17) is 4.42 Å². The van der Waals surface area contributed by atoms with Crippen LogP contribution in [0.25, 0.3) is 0 Å². The zero-order chi connectivity index (χ0) is 19.5. The van der Waals surface area contributed by atoms with Gasteiger partial charge >= 0.3 is 5.69 Å². The molecule has 0 bridgehead atoms. The lowest BCUT2D eigenvalue weighted by molar-refractivity contribution is -0.113. The van der Waals surface area contributed by atoms with E-state index in [2.05, 4.69) is 10.3 Å². The number of nitrogens with one attached hydrogen (secondary N) is 1. The molecular weight excluding hydrogens is 381 g/mol. The predicted molar refractivity (Wildman–Crippen MR) is 104 cm³/mol. The quantitative estimate of drug-likeness (QED) is 0.509.